The number of fused-ring (bicyclic) bond motifs is 1. The summed E-state index contributed by atoms with van der Waals surface area (Å²) >= 11 is 0. The molecule has 1 N–H and O–H groups in total. The average Bonchev–Trinajstić information content (AvgIpc) is 2.91. The summed E-state index contributed by atoms with van der Waals surface area (Å²) in [4.78, 5) is 31.0. The first-order valence-corrected chi connectivity index (χ1v) is 12.9. The number of carbonyl (C=O) groups is 1. The average molecular weight is 525 g/mol. The first-order chi connectivity index (χ1) is 18.3. The van der Waals surface area contributed by atoms with Crippen molar-refractivity contribution in [3.05, 3.63) is 42.0 Å². The Kier molecular flexibility index (Phi) is 6.14. The largest absolute Gasteiger partial charge is 0.377 e. The Hall–Kier alpha value is -3.44. The van der Waals surface area contributed by atoms with E-state index in [9.17, 15) is 13.6 Å². The number of nitrogens with one attached hydrogen (secondary N) is 1. The molecule has 0 unspecified atom stereocenters. The van der Waals surface area contributed by atoms with E-state index in [2.05, 4.69) is 17.1 Å². The standard InChI is InChI=1S/C27H30F2N6O3/c1-17-13-37-10-9-35(17)23-20-6-7-21(18-4-3-5-19(12-18)24(36)30-2)31-22(20)32-25(33-23)34-8-11-38-26(16-34)14-27(28,29)15-26/h3-7,12,17H,8-11,13-16H2,1-2H3,(H,30,36)/t17-/m0/s1. The Labute approximate surface area is 219 Å². The summed E-state index contributed by atoms with van der Waals surface area (Å²) in [7, 11) is 1.59. The second-order valence-electron chi connectivity index (χ2n) is 10.4. The summed E-state index contributed by atoms with van der Waals surface area (Å²) in [6.07, 6.45) is -0.580. The summed E-state index contributed by atoms with van der Waals surface area (Å²) in [6, 6.07) is 11.2. The quantitative estimate of drug-likeness (QED) is 0.556. The van der Waals surface area contributed by atoms with Crippen molar-refractivity contribution in [1.29, 1.82) is 0 Å². The van der Waals surface area contributed by atoms with E-state index < -0.39 is 11.5 Å². The maximum absolute atomic E-state index is 13.8. The van der Waals surface area contributed by atoms with Crippen molar-refractivity contribution in [2.24, 2.45) is 0 Å². The van der Waals surface area contributed by atoms with E-state index in [0.29, 0.717) is 62.3 Å². The molecule has 3 aromatic rings. The fourth-order valence-electron chi connectivity index (χ4n) is 5.63. The molecule has 2 aliphatic heterocycles. The van der Waals surface area contributed by atoms with Crippen LogP contribution in [-0.2, 0) is 9.47 Å². The van der Waals surface area contributed by atoms with Crippen molar-refractivity contribution in [3.8, 4) is 11.3 Å². The molecule has 2 saturated heterocycles. The van der Waals surface area contributed by atoms with Crippen LogP contribution in [0.15, 0.2) is 36.4 Å². The van der Waals surface area contributed by atoms with Crippen molar-refractivity contribution in [1.82, 2.24) is 20.3 Å². The van der Waals surface area contributed by atoms with Crippen molar-refractivity contribution in [3.63, 3.8) is 0 Å². The van der Waals surface area contributed by atoms with Gasteiger partial charge in [0, 0.05) is 44.1 Å². The van der Waals surface area contributed by atoms with Gasteiger partial charge in [-0.25, -0.2) is 13.8 Å². The van der Waals surface area contributed by atoms with Crippen molar-refractivity contribution >= 4 is 28.7 Å². The highest BCUT2D eigenvalue weighted by Gasteiger charge is 2.59. The van der Waals surface area contributed by atoms with Crippen molar-refractivity contribution < 1.29 is 23.0 Å². The van der Waals surface area contributed by atoms with Gasteiger partial charge in [-0.1, -0.05) is 12.1 Å². The third-order valence-electron chi connectivity index (χ3n) is 7.51. The number of halogens is 2. The Morgan fingerprint density at radius 2 is 1.95 bits per heavy atom. The van der Waals surface area contributed by atoms with Crippen LogP contribution in [0.5, 0.6) is 0 Å². The molecule has 200 valence electrons. The maximum Gasteiger partial charge on any atom is 0.253 e. The third-order valence-corrected chi connectivity index (χ3v) is 7.51. The number of ether oxygens (including phenoxy) is 2. The molecule has 1 amide bonds. The predicted octanol–water partition coefficient (Wildman–Crippen LogP) is 3.28. The van der Waals surface area contributed by atoms with Gasteiger partial charge in [-0.2, -0.15) is 9.97 Å². The first kappa shape index (κ1) is 24.9. The van der Waals surface area contributed by atoms with Gasteiger partial charge in [-0.15, -0.1) is 0 Å². The maximum atomic E-state index is 13.8. The Morgan fingerprint density at radius 3 is 2.71 bits per heavy atom. The predicted molar refractivity (Wildman–Crippen MR) is 139 cm³/mol. The molecule has 4 heterocycles. The second kappa shape index (κ2) is 9.39. The van der Waals surface area contributed by atoms with E-state index in [-0.39, 0.29) is 24.8 Å². The zero-order chi connectivity index (χ0) is 26.5. The van der Waals surface area contributed by atoms with Crippen LogP contribution >= 0.6 is 0 Å². The lowest BCUT2D eigenvalue weighted by Gasteiger charge is -2.51. The van der Waals surface area contributed by atoms with E-state index in [1.54, 1.807) is 19.2 Å². The topological polar surface area (TPSA) is 92.7 Å². The van der Waals surface area contributed by atoms with Crippen LogP contribution in [0.25, 0.3) is 22.3 Å². The van der Waals surface area contributed by atoms with Crippen molar-refractivity contribution in [2.75, 3.05) is 56.3 Å². The molecule has 1 aliphatic carbocycles. The number of rotatable bonds is 4. The summed E-state index contributed by atoms with van der Waals surface area (Å²) in [5.41, 5.74) is 1.63. The van der Waals surface area contributed by atoms with Crippen LogP contribution in [0.3, 0.4) is 0 Å². The monoisotopic (exact) mass is 524 g/mol. The van der Waals surface area contributed by atoms with Crippen LogP contribution in [0.1, 0.15) is 30.1 Å². The number of pyridine rings is 1. The third kappa shape index (κ3) is 4.54. The Morgan fingerprint density at radius 1 is 1.11 bits per heavy atom. The van der Waals surface area contributed by atoms with Crippen LogP contribution in [0.4, 0.5) is 20.5 Å². The van der Waals surface area contributed by atoms with Gasteiger partial charge in [0.2, 0.25) is 5.95 Å². The van der Waals surface area contributed by atoms with Gasteiger partial charge >= 0.3 is 0 Å². The number of aromatic nitrogens is 3. The minimum atomic E-state index is -2.69. The lowest BCUT2D eigenvalue weighted by molar-refractivity contribution is -0.230. The van der Waals surface area contributed by atoms with Crippen LogP contribution < -0.4 is 15.1 Å². The number of hydrogen-bond donors (Lipinski definition) is 1. The molecule has 0 bridgehead atoms. The molecule has 11 heteroatoms. The second-order valence-corrected chi connectivity index (χ2v) is 10.4. The zero-order valence-electron chi connectivity index (χ0n) is 21.4. The molecule has 3 fully saturated rings. The minimum absolute atomic E-state index is 0.0972. The summed E-state index contributed by atoms with van der Waals surface area (Å²) in [6.45, 7) is 5.05. The molecule has 0 radical (unpaired) electrons. The van der Waals surface area contributed by atoms with Crippen LogP contribution in [0, 0.1) is 0 Å². The first-order valence-electron chi connectivity index (χ1n) is 12.9. The highest BCUT2D eigenvalue weighted by Crippen LogP contribution is 2.49. The molecule has 1 aromatic carbocycles. The van der Waals surface area contributed by atoms with Gasteiger partial charge in [-0.05, 0) is 31.2 Å². The highest BCUT2D eigenvalue weighted by molar-refractivity contribution is 5.95. The van der Waals surface area contributed by atoms with Crippen LogP contribution in [0.2, 0.25) is 0 Å². The number of amides is 1. The normalized spacial score (nSPS) is 22.4. The summed E-state index contributed by atoms with van der Waals surface area (Å²) in [5.74, 6) is -1.67. The molecular weight excluding hydrogens is 494 g/mol. The van der Waals surface area contributed by atoms with E-state index in [4.69, 9.17) is 24.4 Å². The Bertz CT molecular complexity index is 1380. The van der Waals surface area contributed by atoms with Crippen LogP contribution in [-0.4, -0.2) is 84.9 Å². The smallest absolute Gasteiger partial charge is 0.253 e. The number of morpholine rings is 2. The van der Waals surface area contributed by atoms with E-state index in [1.807, 2.05) is 29.2 Å². The number of carbonyl (C=O) groups excluding carboxylic acids is 1. The van der Waals surface area contributed by atoms with E-state index >= 15 is 0 Å². The minimum Gasteiger partial charge on any atom is -0.377 e. The molecule has 1 atom stereocenters. The van der Waals surface area contributed by atoms with E-state index in [0.717, 1.165) is 16.8 Å². The number of hydrogen-bond acceptors (Lipinski definition) is 8. The number of benzene rings is 1. The van der Waals surface area contributed by atoms with Crippen molar-refractivity contribution in [2.45, 2.75) is 37.3 Å². The van der Waals surface area contributed by atoms with Gasteiger partial charge in [0.25, 0.3) is 11.8 Å². The molecular formula is C27H30F2N6O3. The molecule has 1 saturated carbocycles. The van der Waals surface area contributed by atoms with E-state index in [1.165, 1.54) is 0 Å². The fraction of sp³-hybridized carbons (Fsp3) is 0.481. The highest BCUT2D eigenvalue weighted by atomic mass is 19.3. The summed E-state index contributed by atoms with van der Waals surface area (Å²) in [5, 5.41) is 3.44. The van der Waals surface area contributed by atoms with Gasteiger partial charge < -0.3 is 24.6 Å². The lowest BCUT2D eigenvalue weighted by Crippen LogP contribution is -2.63. The zero-order valence-corrected chi connectivity index (χ0v) is 21.4. The fourth-order valence-corrected chi connectivity index (χ4v) is 5.63. The van der Waals surface area contributed by atoms with Gasteiger partial charge in [0.15, 0.2) is 5.65 Å². The SMILES string of the molecule is CNC(=O)c1cccc(-c2ccc3c(N4CCOC[C@@H]4C)nc(N4CCOC5(C4)CC(F)(F)C5)nc3n2)c1. The number of anilines is 2. The molecule has 6 rings (SSSR count). The number of alkyl halides is 2. The van der Waals surface area contributed by atoms with Gasteiger partial charge in [0.05, 0.1) is 49.1 Å². The Balaban J connectivity index is 1.42. The molecule has 1 spiro atoms. The van der Waals surface area contributed by atoms with Gasteiger partial charge in [0.1, 0.15) is 5.82 Å². The summed E-state index contributed by atoms with van der Waals surface area (Å²) < 4.78 is 39.0. The lowest BCUT2D eigenvalue weighted by atomic mass is 9.75. The molecule has 38 heavy (non-hydrogen) atoms. The molecule has 2 aromatic heterocycles. The van der Waals surface area contributed by atoms with Gasteiger partial charge in [-0.3, -0.25) is 4.79 Å². The molecule has 9 nitrogen and oxygen atoms in total. The number of nitrogens with zero attached hydrogens (tertiary/aromatic N) is 5. The molecule has 3 aliphatic rings.